The molecule has 0 radical (unpaired) electrons. The second-order valence-corrected chi connectivity index (χ2v) is 2.88. The molecule has 68 valence electrons. The van der Waals surface area contributed by atoms with Crippen LogP contribution in [-0.2, 0) is 0 Å². The molecule has 1 rings (SSSR count). The van der Waals surface area contributed by atoms with Crippen molar-refractivity contribution in [2.24, 2.45) is 0 Å². The second kappa shape index (κ2) is 3.86. The van der Waals surface area contributed by atoms with Crippen molar-refractivity contribution < 1.29 is 8.78 Å². The van der Waals surface area contributed by atoms with Crippen LogP contribution in [0.4, 0.5) is 8.78 Å². The predicted octanol–water partition coefficient (Wildman–Crippen LogP) is 3.20. The summed E-state index contributed by atoms with van der Waals surface area (Å²) in [5, 5.41) is 8.10. The molecule has 0 aliphatic rings. The highest BCUT2D eigenvalue weighted by Crippen LogP contribution is 2.30. The summed E-state index contributed by atoms with van der Waals surface area (Å²) in [5.41, 5.74) is -0.795. The number of alkyl halides is 2. The first-order valence-corrected chi connectivity index (χ1v) is 3.85. The molecule has 0 atom stereocenters. The summed E-state index contributed by atoms with van der Waals surface area (Å²) < 4.78 is 24.4. The van der Waals surface area contributed by atoms with Gasteiger partial charge in [-0.05, 0) is 0 Å². The van der Waals surface area contributed by atoms with Crippen LogP contribution in [0.2, 0.25) is 10.0 Å². The van der Waals surface area contributed by atoms with Crippen LogP contribution in [0.15, 0.2) is 6.20 Å². The van der Waals surface area contributed by atoms with Crippen molar-refractivity contribution in [2.45, 2.75) is 6.43 Å². The maximum atomic E-state index is 12.2. The van der Waals surface area contributed by atoms with E-state index in [2.05, 4.69) is 4.98 Å². The number of nitrogens with zero attached hydrogens (tertiary/aromatic N) is 2. The molecular weight excluding hydrogens is 221 g/mol. The molecule has 13 heavy (non-hydrogen) atoms. The average Bonchev–Trinajstić information content (AvgIpc) is 2.04. The van der Waals surface area contributed by atoms with E-state index in [-0.39, 0.29) is 15.6 Å². The van der Waals surface area contributed by atoms with Crippen molar-refractivity contribution in [1.29, 1.82) is 5.26 Å². The Balaban J connectivity index is 3.38. The standard InChI is InChI=1S/C7H2Cl2F2N2/c8-4-2-13-6(7(10)11)5(9)3(4)1-12/h2,7H. The fourth-order valence-corrected chi connectivity index (χ4v) is 1.24. The summed E-state index contributed by atoms with van der Waals surface area (Å²) in [5.74, 6) is 0. The lowest BCUT2D eigenvalue weighted by atomic mass is 10.2. The van der Waals surface area contributed by atoms with Gasteiger partial charge in [0, 0.05) is 6.20 Å². The predicted molar refractivity (Wildman–Crippen MR) is 43.9 cm³/mol. The smallest absolute Gasteiger partial charge is 0.252 e. The maximum absolute atomic E-state index is 12.2. The van der Waals surface area contributed by atoms with E-state index in [9.17, 15) is 8.78 Å². The molecule has 0 aliphatic carbocycles. The number of rotatable bonds is 1. The van der Waals surface area contributed by atoms with Gasteiger partial charge in [-0.3, -0.25) is 4.98 Å². The lowest BCUT2D eigenvalue weighted by molar-refractivity contribution is 0.146. The first kappa shape index (κ1) is 10.2. The van der Waals surface area contributed by atoms with Gasteiger partial charge in [0.15, 0.2) is 0 Å². The molecule has 1 aromatic heterocycles. The second-order valence-electron chi connectivity index (χ2n) is 2.09. The SMILES string of the molecule is N#Cc1c(Cl)cnc(C(F)F)c1Cl. The lowest BCUT2D eigenvalue weighted by Gasteiger charge is -2.03. The average molecular weight is 223 g/mol. The Labute approximate surface area is 82.7 Å². The van der Waals surface area contributed by atoms with E-state index < -0.39 is 12.1 Å². The van der Waals surface area contributed by atoms with Gasteiger partial charge in [-0.2, -0.15) is 5.26 Å². The van der Waals surface area contributed by atoms with Gasteiger partial charge >= 0.3 is 0 Å². The topological polar surface area (TPSA) is 36.7 Å². The summed E-state index contributed by atoms with van der Waals surface area (Å²) in [6, 6.07) is 1.62. The highest BCUT2D eigenvalue weighted by Gasteiger charge is 2.18. The third-order valence-corrected chi connectivity index (χ3v) is 1.99. The van der Waals surface area contributed by atoms with Crippen molar-refractivity contribution >= 4 is 23.2 Å². The van der Waals surface area contributed by atoms with Crippen molar-refractivity contribution in [1.82, 2.24) is 4.98 Å². The Morgan fingerprint density at radius 3 is 2.54 bits per heavy atom. The van der Waals surface area contributed by atoms with Crippen LogP contribution in [0.5, 0.6) is 0 Å². The number of aromatic nitrogens is 1. The lowest BCUT2D eigenvalue weighted by Crippen LogP contribution is -1.94. The van der Waals surface area contributed by atoms with Gasteiger partial charge < -0.3 is 0 Å². The molecule has 0 aromatic carbocycles. The maximum Gasteiger partial charge on any atom is 0.281 e. The van der Waals surface area contributed by atoms with Crippen LogP contribution < -0.4 is 0 Å². The molecule has 2 nitrogen and oxygen atoms in total. The Kier molecular flexibility index (Phi) is 3.02. The van der Waals surface area contributed by atoms with Crippen molar-refractivity contribution in [3.8, 4) is 6.07 Å². The number of nitriles is 1. The zero-order valence-electron chi connectivity index (χ0n) is 6.06. The monoisotopic (exact) mass is 222 g/mol. The summed E-state index contributed by atoms with van der Waals surface area (Å²) in [4.78, 5) is 3.32. The summed E-state index contributed by atoms with van der Waals surface area (Å²) in [7, 11) is 0. The van der Waals surface area contributed by atoms with E-state index in [0.29, 0.717) is 0 Å². The molecule has 0 aliphatic heterocycles. The number of pyridine rings is 1. The Bertz CT molecular complexity index is 373. The van der Waals surface area contributed by atoms with E-state index >= 15 is 0 Å². The Morgan fingerprint density at radius 2 is 2.08 bits per heavy atom. The fraction of sp³-hybridized carbons (Fsp3) is 0.143. The third kappa shape index (κ3) is 1.87. The zero-order chi connectivity index (χ0) is 10.0. The highest BCUT2D eigenvalue weighted by atomic mass is 35.5. The summed E-state index contributed by atoms with van der Waals surface area (Å²) >= 11 is 11.0. The molecule has 0 N–H and O–H groups in total. The van der Waals surface area contributed by atoms with Gasteiger partial charge in [0.25, 0.3) is 6.43 Å². The molecule has 0 saturated heterocycles. The number of hydrogen-bond donors (Lipinski definition) is 0. The van der Waals surface area contributed by atoms with Crippen LogP contribution in [0.3, 0.4) is 0 Å². The van der Waals surface area contributed by atoms with Crippen molar-refractivity contribution in [2.75, 3.05) is 0 Å². The largest absolute Gasteiger partial charge is 0.281 e. The number of halogens is 4. The van der Waals surface area contributed by atoms with E-state index in [1.54, 1.807) is 6.07 Å². The summed E-state index contributed by atoms with van der Waals surface area (Å²) in [6.45, 7) is 0. The molecular formula is C7H2Cl2F2N2. The van der Waals surface area contributed by atoms with Crippen LogP contribution in [0.1, 0.15) is 17.7 Å². The molecule has 0 fully saturated rings. The van der Waals surface area contributed by atoms with E-state index in [0.717, 1.165) is 6.20 Å². The third-order valence-electron chi connectivity index (χ3n) is 1.32. The number of hydrogen-bond acceptors (Lipinski definition) is 2. The van der Waals surface area contributed by atoms with E-state index in [4.69, 9.17) is 28.5 Å². The molecule has 1 heterocycles. The Morgan fingerprint density at radius 1 is 1.46 bits per heavy atom. The quantitative estimate of drug-likeness (QED) is 0.732. The minimum Gasteiger partial charge on any atom is -0.252 e. The van der Waals surface area contributed by atoms with Gasteiger partial charge in [-0.1, -0.05) is 23.2 Å². The molecule has 0 spiro atoms. The fourth-order valence-electron chi connectivity index (χ4n) is 0.735. The normalized spacial score (nSPS) is 10.2. The van der Waals surface area contributed by atoms with E-state index in [1.807, 2.05) is 0 Å². The van der Waals surface area contributed by atoms with Crippen LogP contribution in [0.25, 0.3) is 0 Å². The van der Waals surface area contributed by atoms with Crippen molar-refractivity contribution in [3.05, 3.63) is 27.5 Å². The van der Waals surface area contributed by atoms with Gasteiger partial charge in [0.1, 0.15) is 11.8 Å². The van der Waals surface area contributed by atoms with Crippen LogP contribution in [-0.4, -0.2) is 4.98 Å². The molecule has 0 saturated carbocycles. The first-order chi connectivity index (χ1) is 6.07. The first-order valence-electron chi connectivity index (χ1n) is 3.10. The molecule has 0 amide bonds. The molecule has 0 unspecified atom stereocenters. The Hall–Kier alpha value is -0.920. The van der Waals surface area contributed by atoms with Gasteiger partial charge in [-0.25, -0.2) is 8.78 Å². The minimum atomic E-state index is -2.81. The summed E-state index contributed by atoms with van der Waals surface area (Å²) in [6.07, 6.45) is -1.83. The van der Waals surface area contributed by atoms with Crippen molar-refractivity contribution in [3.63, 3.8) is 0 Å². The minimum absolute atomic E-state index is 0.0306. The van der Waals surface area contributed by atoms with Crippen LogP contribution in [0, 0.1) is 11.3 Å². The van der Waals surface area contributed by atoms with Gasteiger partial charge in [-0.15, -0.1) is 0 Å². The molecule has 6 heteroatoms. The van der Waals surface area contributed by atoms with E-state index in [1.165, 1.54) is 0 Å². The highest BCUT2D eigenvalue weighted by molar-refractivity contribution is 6.36. The molecule has 1 aromatic rings. The zero-order valence-corrected chi connectivity index (χ0v) is 7.57. The van der Waals surface area contributed by atoms with Crippen LogP contribution >= 0.6 is 23.2 Å². The van der Waals surface area contributed by atoms with Gasteiger partial charge in [0.2, 0.25) is 0 Å². The van der Waals surface area contributed by atoms with Gasteiger partial charge in [0.05, 0.1) is 15.6 Å². The molecule has 0 bridgehead atoms.